The van der Waals surface area contributed by atoms with Gasteiger partial charge in [0.15, 0.2) is 0 Å². The van der Waals surface area contributed by atoms with E-state index in [4.69, 9.17) is 0 Å². The van der Waals surface area contributed by atoms with Crippen LogP contribution in [0.2, 0.25) is 0 Å². The third-order valence-electron chi connectivity index (χ3n) is 3.43. The molecule has 0 spiro atoms. The summed E-state index contributed by atoms with van der Waals surface area (Å²) in [6, 6.07) is 9.95. The first-order chi connectivity index (χ1) is 9.58. The second kappa shape index (κ2) is 4.94. The summed E-state index contributed by atoms with van der Waals surface area (Å²) in [6.07, 6.45) is 0. The maximum absolute atomic E-state index is 11.4. The van der Waals surface area contributed by atoms with Crippen LogP contribution in [0.1, 0.15) is 41.4 Å². The van der Waals surface area contributed by atoms with Gasteiger partial charge in [-0.25, -0.2) is 4.79 Å². The minimum atomic E-state index is -0.896. The van der Waals surface area contributed by atoms with Crippen molar-refractivity contribution in [1.82, 2.24) is 4.98 Å². The van der Waals surface area contributed by atoms with Gasteiger partial charge in [-0.3, -0.25) is 4.98 Å². The molecular formula is C16H15NO2S. The van der Waals surface area contributed by atoms with Crippen molar-refractivity contribution in [3.63, 3.8) is 0 Å². The molecule has 0 atom stereocenters. The molecule has 102 valence electrons. The Balaban J connectivity index is 2.25. The summed E-state index contributed by atoms with van der Waals surface area (Å²) in [5.74, 6) is -0.0288. The van der Waals surface area contributed by atoms with Crippen molar-refractivity contribution in [3.05, 3.63) is 47.2 Å². The Morgan fingerprint density at radius 3 is 2.80 bits per heavy atom. The summed E-state index contributed by atoms with van der Waals surface area (Å²) < 4.78 is 0. The number of carbonyl (C=O) groups is 1. The van der Waals surface area contributed by atoms with Gasteiger partial charge in [0.2, 0.25) is 0 Å². The lowest BCUT2D eigenvalue weighted by atomic mass is 9.98. The minimum Gasteiger partial charge on any atom is -0.478 e. The molecule has 0 radical (unpaired) electrons. The molecule has 0 saturated heterocycles. The van der Waals surface area contributed by atoms with Crippen LogP contribution in [0, 0.1) is 0 Å². The van der Waals surface area contributed by atoms with Crippen molar-refractivity contribution in [1.29, 1.82) is 0 Å². The van der Waals surface area contributed by atoms with E-state index in [1.807, 2.05) is 26.0 Å². The molecule has 3 rings (SSSR count). The van der Waals surface area contributed by atoms with Gasteiger partial charge < -0.3 is 5.11 Å². The van der Waals surface area contributed by atoms with Gasteiger partial charge >= 0.3 is 5.97 Å². The van der Waals surface area contributed by atoms with Gasteiger partial charge in [-0.2, -0.15) is 0 Å². The molecule has 0 amide bonds. The van der Waals surface area contributed by atoms with Gasteiger partial charge in [-0.15, -0.1) is 11.8 Å². The number of benzene rings is 1. The van der Waals surface area contributed by atoms with Gasteiger partial charge in [0, 0.05) is 16.2 Å². The van der Waals surface area contributed by atoms with Crippen LogP contribution in [-0.2, 0) is 5.75 Å². The highest BCUT2D eigenvalue weighted by atomic mass is 32.2. The Bertz CT molecular complexity index is 695. The number of hydrogen-bond acceptors (Lipinski definition) is 3. The van der Waals surface area contributed by atoms with E-state index in [0.717, 1.165) is 22.6 Å². The summed E-state index contributed by atoms with van der Waals surface area (Å²) in [7, 11) is 0. The van der Waals surface area contributed by atoms with E-state index >= 15 is 0 Å². The van der Waals surface area contributed by atoms with Gasteiger partial charge in [0.05, 0.1) is 17.0 Å². The molecular weight excluding hydrogens is 270 g/mol. The predicted octanol–water partition coefficient (Wildman–Crippen LogP) is 4.18. The maximum atomic E-state index is 11.4. The van der Waals surface area contributed by atoms with E-state index in [9.17, 15) is 9.90 Å². The largest absolute Gasteiger partial charge is 0.478 e. The molecule has 0 saturated carbocycles. The van der Waals surface area contributed by atoms with Gasteiger partial charge in [-0.05, 0) is 23.6 Å². The molecule has 2 heterocycles. The molecule has 1 aromatic carbocycles. The van der Waals surface area contributed by atoms with Crippen LogP contribution >= 0.6 is 11.8 Å². The highest BCUT2D eigenvalue weighted by Gasteiger charge is 2.23. The molecule has 1 N–H and O–H groups in total. The van der Waals surface area contributed by atoms with Crippen LogP contribution in [0.4, 0.5) is 0 Å². The van der Waals surface area contributed by atoms with E-state index in [1.54, 1.807) is 17.8 Å². The van der Waals surface area contributed by atoms with Crippen LogP contribution in [0.25, 0.3) is 11.3 Å². The lowest BCUT2D eigenvalue weighted by Gasteiger charge is -2.21. The first-order valence-electron chi connectivity index (χ1n) is 6.57. The number of thioether (sulfide) groups is 1. The Labute approximate surface area is 122 Å². The van der Waals surface area contributed by atoms with Crippen LogP contribution < -0.4 is 0 Å². The van der Waals surface area contributed by atoms with Gasteiger partial charge in [0.1, 0.15) is 0 Å². The van der Waals surface area contributed by atoms with E-state index in [1.165, 1.54) is 4.90 Å². The summed E-state index contributed by atoms with van der Waals surface area (Å²) in [5, 5.41) is 9.36. The third-order valence-corrected chi connectivity index (χ3v) is 4.56. The number of aromatic carboxylic acids is 1. The molecule has 1 aliphatic rings. The number of fused-ring (bicyclic) bond motifs is 3. The molecule has 1 aromatic heterocycles. The van der Waals surface area contributed by atoms with Crippen LogP contribution in [0.15, 0.2) is 35.2 Å². The third kappa shape index (κ3) is 2.10. The quantitative estimate of drug-likeness (QED) is 0.899. The number of nitrogens with zero attached hydrogens (tertiary/aromatic N) is 1. The number of aromatic nitrogens is 1. The Morgan fingerprint density at radius 2 is 2.10 bits per heavy atom. The molecule has 0 fully saturated rings. The lowest BCUT2D eigenvalue weighted by molar-refractivity contribution is 0.0694. The topological polar surface area (TPSA) is 50.2 Å². The number of hydrogen-bond donors (Lipinski definition) is 1. The SMILES string of the molecule is CC(C)c1nc2c(cc1C(=O)O)CSc1ccccc1-2. The highest BCUT2D eigenvalue weighted by Crippen LogP contribution is 2.41. The van der Waals surface area contributed by atoms with Crippen molar-refractivity contribution < 1.29 is 9.90 Å². The average molecular weight is 285 g/mol. The first kappa shape index (κ1) is 13.2. The lowest BCUT2D eigenvalue weighted by Crippen LogP contribution is -2.11. The monoisotopic (exact) mass is 285 g/mol. The smallest absolute Gasteiger partial charge is 0.337 e. The standard InChI is InChI=1S/C16H15NO2S/c1-9(2)14-12(16(18)19)7-10-8-20-13-6-4-3-5-11(13)15(10)17-14/h3-7,9H,8H2,1-2H3,(H,18,19). The van der Waals surface area contributed by atoms with Gasteiger partial charge in [-0.1, -0.05) is 32.0 Å². The second-order valence-corrected chi connectivity index (χ2v) is 6.19. The van der Waals surface area contributed by atoms with E-state index in [-0.39, 0.29) is 5.92 Å². The second-order valence-electron chi connectivity index (χ2n) is 5.17. The summed E-state index contributed by atoms with van der Waals surface area (Å²) in [6.45, 7) is 3.95. The van der Waals surface area contributed by atoms with Crippen molar-refractivity contribution in [2.24, 2.45) is 0 Å². The van der Waals surface area contributed by atoms with E-state index in [2.05, 4.69) is 17.1 Å². The number of pyridine rings is 1. The van der Waals surface area contributed by atoms with Crippen LogP contribution in [-0.4, -0.2) is 16.1 Å². The van der Waals surface area contributed by atoms with Crippen molar-refractivity contribution in [2.45, 2.75) is 30.4 Å². The zero-order valence-corrected chi connectivity index (χ0v) is 12.2. The molecule has 4 heteroatoms. The first-order valence-corrected chi connectivity index (χ1v) is 7.55. The maximum Gasteiger partial charge on any atom is 0.337 e. The van der Waals surface area contributed by atoms with Gasteiger partial charge in [0.25, 0.3) is 0 Å². The van der Waals surface area contributed by atoms with E-state index < -0.39 is 5.97 Å². The zero-order chi connectivity index (χ0) is 14.3. The fourth-order valence-electron chi connectivity index (χ4n) is 2.47. The average Bonchev–Trinajstić information content (AvgIpc) is 2.45. The Hall–Kier alpha value is -1.81. The van der Waals surface area contributed by atoms with Crippen LogP contribution in [0.5, 0.6) is 0 Å². The Kier molecular flexibility index (Phi) is 3.26. The van der Waals surface area contributed by atoms with Crippen molar-refractivity contribution >= 4 is 17.7 Å². The van der Waals surface area contributed by atoms with E-state index in [0.29, 0.717) is 11.3 Å². The fraction of sp³-hybridized carbons (Fsp3) is 0.250. The van der Waals surface area contributed by atoms with Crippen molar-refractivity contribution in [3.8, 4) is 11.3 Å². The predicted molar refractivity (Wildman–Crippen MR) is 80.3 cm³/mol. The minimum absolute atomic E-state index is 0.0909. The van der Waals surface area contributed by atoms with Crippen molar-refractivity contribution in [2.75, 3.05) is 0 Å². The number of rotatable bonds is 2. The summed E-state index contributed by atoms with van der Waals surface area (Å²) in [4.78, 5) is 17.3. The molecule has 0 aliphatic carbocycles. The Morgan fingerprint density at radius 1 is 1.35 bits per heavy atom. The zero-order valence-electron chi connectivity index (χ0n) is 11.4. The molecule has 1 aliphatic heterocycles. The number of carboxylic acids is 1. The normalized spacial score (nSPS) is 12.9. The molecule has 0 bridgehead atoms. The molecule has 3 nitrogen and oxygen atoms in total. The summed E-state index contributed by atoms with van der Waals surface area (Å²) >= 11 is 1.73. The summed E-state index contributed by atoms with van der Waals surface area (Å²) in [5.41, 5.74) is 4.05. The highest BCUT2D eigenvalue weighted by molar-refractivity contribution is 7.98. The molecule has 20 heavy (non-hydrogen) atoms. The number of carboxylic acid groups (broad SMARTS) is 1. The van der Waals surface area contributed by atoms with Crippen LogP contribution in [0.3, 0.4) is 0 Å². The fourth-order valence-corrected chi connectivity index (χ4v) is 3.49. The molecule has 0 unspecified atom stereocenters. The molecule has 2 aromatic rings.